The zero-order chi connectivity index (χ0) is 24.2. The van der Waals surface area contributed by atoms with Gasteiger partial charge in [0.15, 0.2) is 10.9 Å². The van der Waals surface area contributed by atoms with Crippen LogP contribution in [0.3, 0.4) is 0 Å². The van der Waals surface area contributed by atoms with Crippen molar-refractivity contribution in [1.82, 2.24) is 9.97 Å². The van der Waals surface area contributed by atoms with Crippen molar-refractivity contribution < 1.29 is 14.0 Å². The third-order valence-electron chi connectivity index (χ3n) is 5.99. The molecule has 0 fully saturated rings. The number of anilines is 2. The number of carbonyl (C=O) groups excluding carboxylic acids is 2. The predicted molar refractivity (Wildman–Crippen MR) is 135 cm³/mol. The van der Waals surface area contributed by atoms with E-state index in [2.05, 4.69) is 9.97 Å². The number of hydrogen-bond acceptors (Lipinski definition) is 6. The number of nitrogens with zero attached hydrogens (tertiary/aromatic N) is 4. The third kappa shape index (κ3) is 4.70. The summed E-state index contributed by atoms with van der Waals surface area (Å²) in [6.45, 7) is 2.00. The zero-order valence-electron chi connectivity index (χ0n) is 19.2. The lowest BCUT2D eigenvalue weighted by atomic mass is 9.89. The molecule has 7 nitrogen and oxygen atoms in total. The van der Waals surface area contributed by atoms with Crippen LogP contribution in [0.5, 0.6) is 0 Å². The Morgan fingerprint density at radius 2 is 1.74 bits per heavy atom. The Morgan fingerprint density at radius 1 is 1.00 bits per heavy atom. The van der Waals surface area contributed by atoms with E-state index in [0.29, 0.717) is 17.3 Å². The molecule has 0 radical (unpaired) electrons. The Bertz CT molecular complexity index is 1300. The third-order valence-corrected chi connectivity index (χ3v) is 6.85. The van der Waals surface area contributed by atoms with E-state index in [1.165, 1.54) is 18.0 Å². The highest BCUT2D eigenvalue weighted by atomic mass is 32.2. The van der Waals surface area contributed by atoms with Gasteiger partial charge in [-0.1, -0.05) is 48.2 Å². The van der Waals surface area contributed by atoms with Gasteiger partial charge in [-0.2, -0.15) is 0 Å². The van der Waals surface area contributed by atoms with Crippen molar-refractivity contribution in [3.05, 3.63) is 103 Å². The Labute approximate surface area is 207 Å². The summed E-state index contributed by atoms with van der Waals surface area (Å²) in [4.78, 5) is 39.1. The molecule has 35 heavy (non-hydrogen) atoms. The van der Waals surface area contributed by atoms with Crippen molar-refractivity contribution in [2.45, 2.75) is 30.6 Å². The lowest BCUT2D eigenvalue weighted by Gasteiger charge is -2.43. The highest BCUT2D eigenvalue weighted by molar-refractivity contribution is 7.99. The van der Waals surface area contributed by atoms with Gasteiger partial charge in [-0.15, -0.1) is 0 Å². The van der Waals surface area contributed by atoms with Gasteiger partial charge in [0.25, 0.3) is 5.91 Å². The largest absolute Gasteiger partial charge is 0.459 e. The maximum atomic E-state index is 13.7. The van der Waals surface area contributed by atoms with Crippen LogP contribution in [0, 0.1) is 0 Å². The van der Waals surface area contributed by atoms with Gasteiger partial charge >= 0.3 is 0 Å². The Hall–Kier alpha value is -3.91. The number of carbonyl (C=O) groups is 2. The minimum absolute atomic E-state index is 0.0496. The van der Waals surface area contributed by atoms with Crippen molar-refractivity contribution in [2.75, 3.05) is 15.6 Å². The summed E-state index contributed by atoms with van der Waals surface area (Å²) < 4.78 is 5.40. The van der Waals surface area contributed by atoms with Gasteiger partial charge in [-0.05, 0) is 55.3 Å². The molecular formula is C27H24N4O3S. The number of hydrogen-bond donors (Lipinski definition) is 0. The number of rotatable bonds is 6. The first kappa shape index (κ1) is 22.9. The maximum absolute atomic E-state index is 13.7. The van der Waals surface area contributed by atoms with Crippen molar-refractivity contribution >= 4 is 35.0 Å². The van der Waals surface area contributed by atoms with Crippen molar-refractivity contribution in [3.8, 4) is 0 Å². The topological polar surface area (TPSA) is 79.5 Å². The van der Waals surface area contributed by atoms with Crippen LogP contribution in [-0.2, 0) is 4.79 Å². The number of para-hydroxylation sites is 2. The van der Waals surface area contributed by atoms with Crippen LogP contribution in [0.2, 0.25) is 0 Å². The van der Waals surface area contributed by atoms with Gasteiger partial charge in [-0.3, -0.25) is 9.59 Å². The second kappa shape index (κ2) is 10.1. The summed E-state index contributed by atoms with van der Waals surface area (Å²) in [5, 5.41) is 0.557. The number of furan rings is 1. The fourth-order valence-electron chi connectivity index (χ4n) is 4.50. The molecule has 0 unspecified atom stereocenters. The quantitative estimate of drug-likeness (QED) is 0.270. The second-order valence-corrected chi connectivity index (χ2v) is 9.17. The van der Waals surface area contributed by atoms with E-state index in [0.717, 1.165) is 16.9 Å². The molecule has 1 aliphatic heterocycles. The molecule has 0 N–H and O–H groups in total. The average Bonchev–Trinajstić information content (AvgIpc) is 3.44. The molecule has 2 aromatic carbocycles. The van der Waals surface area contributed by atoms with E-state index in [4.69, 9.17) is 4.42 Å². The van der Waals surface area contributed by atoms with Crippen LogP contribution in [0.4, 0.5) is 11.4 Å². The standard InChI is InChI=1S/C27H24N4O3S/c1-19-17-23(21-11-5-6-12-22(21)30(19)26(33)24-13-7-16-34-24)31(20-9-3-2-4-10-20)25(32)18-35-27-28-14-8-15-29-27/h2-16,19,23H,17-18H2,1H3/t19-,23+/m0/s1. The molecule has 5 rings (SSSR count). The fraction of sp³-hybridized carbons (Fsp3) is 0.185. The smallest absolute Gasteiger partial charge is 0.294 e. The molecule has 0 aliphatic carbocycles. The lowest BCUT2D eigenvalue weighted by molar-refractivity contribution is -0.116. The summed E-state index contributed by atoms with van der Waals surface area (Å²) in [5.74, 6) is 0.246. The summed E-state index contributed by atoms with van der Waals surface area (Å²) in [6.07, 6.45) is 5.41. The van der Waals surface area contributed by atoms with Crippen LogP contribution in [0.15, 0.2) is 101 Å². The van der Waals surface area contributed by atoms with E-state index < -0.39 is 0 Å². The van der Waals surface area contributed by atoms with Gasteiger partial charge in [0.1, 0.15) is 0 Å². The van der Waals surface area contributed by atoms with Gasteiger partial charge in [0, 0.05) is 29.8 Å². The fourth-order valence-corrected chi connectivity index (χ4v) is 5.16. The van der Waals surface area contributed by atoms with E-state index in [1.54, 1.807) is 35.5 Å². The molecule has 0 spiro atoms. The first-order valence-electron chi connectivity index (χ1n) is 11.4. The number of benzene rings is 2. The van der Waals surface area contributed by atoms with Gasteiger partial charge in [0.05, 0.1) is 18.1 Å². The molecule has 8 heteroatoms. The van der Waals surface area contributed by atoms with Gasteiger partial charge in [0.2, 0.25) is 5.91 Å². The van der Waals surface area contributed by atoms with Gasteiger partial charge < -0.3 is 14.2 Å². The molecule has 3 heterocycles. The Kier molecular flexibility index (Phi) is 6.63. The molecule has 2 atom stereocenters. The SMILES string of the molecule is C[C@H]1C[C@@H](N(C(=O)CSc2ncccn2)c2ccccc2)c2ccccc2N1C(=O)c1ccco1. The van der Waals surface area contributed by atoms with Crippen molar-refractivity contribution in [1.29, 1.82) is 0 Å². The lowest BCUT2D eigenvalue weighted by Crippen LogP contribution is -2.48. The first-order valence-corrected chi connectivity index (χ1v) is 12.3. The van der Waals surface area contributed by atoms with Crippen LogP contribution in [-0.4, -0.2) is 33.6 Å². The molecule has 2 amide bonds. The zero-order valence-corrected chi connectivity index (χ0v) is 20.0. The number of thioether (sulfide) groups is 1. The van der Waals surface area contributed by atoms with Gasteiger partial charge in [-0.25, -0.2) is 9.97 Å². The monoisotopic (exact) mass is 484 g/mol. The predicted octanol–water partition coefficient (Wildman–Crippen LogP) is 5.38. The highest BCUT2D eigenvalue weighted by Gasteiger charge is 2.39. The van der Waals surface area contributed by atoms with Crippen LogP contribution in [0.25, 0.3) is 0 Å². The van der Waals surface area contributed by atoms with Crippen LogP contribution in [0.1, 0.15) is 35.5 Å². The molecule has 2 aromatic heterocycles. The van der Waals surface area contributed by atoms with E-state index in [9.17, 15) is 9.59 Å². The molecule has 4 aromatic rings. The highest BCUT2D eigenvalue weighted by Crippen LogP contribution is 2.43. The normalized spacial score (nSPS) is 17.0. The maximum Gasteiger partial charge on any atom is 0.294 e. The van der Waals surface area contributed by atoms with E-state index in [1.807, 2.05) is 66.4 Å². The number of fused-ring (bicyclic) bond motifs is 1. The number of aromatic nitrogens is 2. The summed E-state index contributed by atoms with van der Waals surface area (Å²) in [5.41, 5.74) is 2.51. The molecule has 176 valence electrons. The van der Waals surface area contributed by atoms with E-state index >= 15 is 0 Å². The Morgan fingerprint density at radius 3 is 2.49 bits per heavy atom. The number of amides is 2. The Balaban J connectivity index is 1.51. The summed E-state index contributed by atoms with van der Waals surface area (Å²) in [6, 6.07) is 22.2. The molecule has 1 aliphatic rings. The van der Waals surface area contributed by atoms with Crippen molar-refractivity contribution in [2.24, 2.45) is 0 Å². The molecule has 0 saturated heterocycles. The minimum atomic E-state index is -0.242. The second-order valence-electron chi connectivity index (χ2n) is 8.23. The average molecular weight is 485 g/mol. The molecular weight excluding hydrogens is 460 g/mol. The molecule has 0 bridgehead atoms. The minimum Gasteiger partial charge on any atom is -0.459 e. The molecule has 0 saturated carbocycles. The summed E-state index contributed by atoms with van der Waals surface area (Å²) in [7, 11) is 0. The first-order chi connectivity index (χ1) is 17.1. The van der Waals surface area contributed by atoms with Crippen LogP contribution < -0.4 is 9.80 Å². The summed E-state index contributed by atoms with van der Waals surface area (Å²) >= 11 is 1.31. The van der Waals surface area contributed by atoms with Crippen molar-refractivity contribution in [3.63, 3.8) is 0 Å². The van der Waals surface area contributed by atoms with E-state index in [-0.39, 0.29) is 29.7 Å². The van der Waals surface area contributed by atoms with Crippen LogP contribution >= 0.6 is 11.8 Å².